The summed E-state index contributed by atoms with van der Waals surface area (Å²) in [5, 5.41) is 7.84. The van der Waals surface area contributed by atoms with E-state index in [9.17, 15) is 9.59 Å². The summed E-state index contributed by atoms with van der Waals surface area (Å²) in [7, 11) is 1.49. The Balaban J connectivity index is 1.37. The Morgan fingerprint density at radius 2 is 1.93 bits per heavy atom. The van der Waals surface area contributed by atoms with Crippen LogP contribution in [0.3, 0.4) is 0 Å². The third kappa shape index (κ3) is 6.12. The van der Waals surface area contributed by atoms with Crippen molar-refractivity contribution in [3.63, 3.8) is 0 Å². The van der Waals surface area contributed by atoms with Crippen LogP contribution in [0.15, 0.2) is 73.3 Å². The standard InChI is InChI=1S/C29H27Cl2N5O4/c1-39-27-16-20(34-28(37)21-5-2-3-6-24(21)31)9-10-22(27)29(38)36-12-4-7-26(23-15-19(30)8-11-25(23)36)40-14-13-35-18-32-17-33-35/h2-3,5-6,8-11,15-18,26H,4,7,12-14H2,1H3,(H,34,37). The van der Waals surface area contributed by atoms with Gasteiger partial charge in [0.25, 0.3) is 11.8 Å². The van der Waals surface area contributed by atoms with Crippen molar-refractivity contribution < 1.29 is 19.1 Å². The van der Waals surface area contributed by atoms with Crippen molar-refractivity contribution in [1.29, 1.82) is 0 Å². The Morgan fingerprint density at radius 1 is 1.07 bits per heavy atom. The number of hydrogen-bond acceptors (Lipinski definition) is 6. The van der Waals surface area contributed by atoms with Gasteiger partial charge in [0.1, 0.15) is 18.4 Å². The quantitative estimate of drug-likeness (QED) is 0.273. The zero-order valence-electron chi connectivity index (χ0n) is 21.7. The molecule has 2 heterocycles. The molecule has 206 valence electrons. The normalized spacial score (nSPS) is 14.8. The van der Waals surface area contributed by atoms with Gasteiger partial charge in [-0.3, -0.25) is 14.3 Å². The number of methoxy groups -OCH3 is 1. The third-order valence-corrected chi connectivity index (χ3v) is 7.20. The van der Waals surface area contributed by atoms with E-state index in [1.165, 1.54) is 13.4 Å². The summed E-state index contributed by atoms with van der Waals surface area (Å²) in [6, 6.07) is 17.2. The highest BCUT2D eigenvalue weighted by molar-refractivity contribution is 6.34. The zero-order valence-corrected chi connectivity index (χ0v) is 23.2. The lowest BCUT2D eigenvalue weighted by atomic mass is 10.0. The van der Waals surface area contributed by atoms with Crippen molar-refractivity contribution in [2.45, 2.75) is 25.5 Å². The molecule has 11 heteroatoms. The molecule has 0 saturated heterocycles. The molecule has 1 aliphatic rings. The molecular weight excluding hydrogens is 553 g/mol. The molecule has 0 spiro atoms. The second kappa shape index (κ2) is 12.5. The molecule has 1 unspecified atom stereocenters. The van der Waals surface area contributed by atoms with Gasteiger partial charge in [0.05, 0.1) is 42.5 Å². The molecule has 1 atom stereocenters. The van der Waals surface area contributed by atoms with Crippen LogP contribution < -0.4 is 15.0 Å². The van der Waals surface area contributed by atoms with Crippen molar-refractivity contribution in [2.24, 2.45) is 0 Å². The third-order valence-electron chi connectivity index (χ3n) is 6.63. The van der Waals surface area contributed by atoms with Crippen LogP contribution in [-0.2, 0) is 11.3 Å². The molecule has 2 amide bonds. The Kier molecular flexibility index (Phi) is 8.64. The van der Waals surface area contributed by atoms with E-state index in [0.29, 0.717) is 52.3 Å². The van der Waals surface area contributed by atoms with Crippen LogP contribution >= 0.6 is 23.2 Å². The summed E-state index contributed by atoms with van der Waals surface area (Å²) in [5.41, 5.74) is 2.77. The number of nitrogens with one attached hydrogen (secondary N) is 1. The fourth-order valence-electron chi connectivity index (χ4n) is 4.70. The highest BCUT2D eigenvalue weighted by atomic mass is 35.5. The van der Waals surface area contributed by atoms with Gasteiger partial charge in [-0.1, -0.05) is 35.3 Å². The second-order valence-corrected chi connectivity index (χ2v) is 10.0. The highest BCUT2D eigenvalue weighted by Crippen LogP contribution is 2.38. The Morgan fingerprint density at radius 3 is 2.70 bits per heavy atom. The zero-order chi connectivity index (χ0) is 28.1. The Labute approximate surface area is 241 Å². The first-order valence-electron chi connectivity index (χ1n) is 12.7. The average Bonchev–Trinajstić information content (AvgIpc) is 3.41. The lowest BCUT2D eigenvalue weighted by Crippen LogP contribution is -2.32. The van der Waals surface area contributed by atoms with E-state index < -0.39 is 0 Å². The van der Waals surface area contributed by atoms with E-state index in [-0.39, 0.29) is 17.9 Å². The van der Waals surface area contributed by atoms with Crippen LogP contribution in [0.1, 0.15) is 45.2 Å². The van der Waals surface area contributed by atoms with Gasteiger partial charge in [-0.2, -0.15) is 5.10 Å². The van der Waals surface area contributed by atoms with E-state index >= 15 is 0 Å². The van der Waals surface area contributed by atoms with Gasteiger partial charge in [0, 0.05) is 34.6 Å². The van der Waals surface area contributed by atoms with Crippen molar-refractivity contribution >= 4 is 46.4 Å². The number of aromatic nitrogens is 3. The van der Waals surface area contributed by atoms with Crippen molar-refractivity contribution in [1.82, 2.24) is 14.8 Å². The van der Waals surface area contributed by atoms with Gasteiger partial charge in [-0.25, -0.2) is 4.98 Å². The number of anilines is 2. The largest absolute Gasteiger partial charge is 0.496 e. The van der Waals surface area contributed by atoms with Crippen LogP contribution in [0.25, 0.3) is 0 Å². The van der Waals surface area contributed by atoms with E-state index in [1.807, 2.05) is 12.1 Å². The number of ether oxygens (including phenoxy) is 2. The molecule has 4 aromatic rings. The van der Waals surface area contributed by atoms with Crippen LogP contribution in [0.4, 0.5) is 11.4 Å². The SMILES string of the molecule is COc1cc(NC(=O)c2ccccc2Cl)ccc1C(=O)N1CCCC(OCCn2cncn2)c2cc(Cl)ccc21. The molecule has 9 nitrogen and oxygen atoms in total. The molecule has 1 aromatic heterocycles. The number of carbonyl (C=O) groups excluding carboxylic acids is 2. The van der Waals surface area contributed by atoms with Gasteiger partial charge in [0.2, 0.25) is 0 Å². The average molecular weight is 580 g/mol. The van der Waals surface area contributed by atoms with Crippen LogP contribution in [0.5, 0.6) is 5.75 Å². The molecule has 40 heavy (non-hydrogen) atoms. The maximum atomic E-state index is 13.9. The van der Waals surface area contributed by atoms with E-state index in [4.69, 9.17) is 32.7 Å². The summed E-state index contributed by atoms with van der Waals surface area (Å²) in [6.07, 6.45) is 4.33. The first kappa shape index (κ1) is 27.6. The minimum Gasteiger partial charge on any atom is -0.496 e. The molecule has 0 saturated carbocycles. The Hall–Kier alpha value is -3.92. The molecular formula is C29H27Cl2N5O4. The van der Waals surface area contributed by atoms with Gasteiger partial charge >= 0.3 is 0 Å². The number of hydrogen-bond donors (Lipinski definition) is 1. The molecule has 0 fully saturated rings. The molecule has 3 aromatic carbocycles. The van der Waals surface area contributed by atoms with Gasteiger partial charge < -0.3 is 19.7 Å². The number of halogens is 2. The Bertz CT molecular complexity index is 1510. The number of rotatable bonds is 8. The highest BCUT2D eigenvalue weighted by Gasteiger charge is 2.29. The minimum absolute atomic E-state index is 0.229. The first-order chi connectivity index (χ1) is 19.4. The van der Waals surface area contributed by atoms with Crippen molar-refractivity contribution in [2.75, 3.05) is 30.5 Å². The molecule has 1 aliphatic heterocycles. The predicted octanol–water partition coefficient (Wildman–Crippen LogP) is 6.04. The maximum absolute atomic E-state index is 13.9. The van der Waals surface area contributed by atoms with Crippen LogP contribution in [-0.4, -0.2) is 46.8 Å². The monoisotopic (exact) mass is 579 g/mol. The molecule has 0 bridgehead atoms. The summed E-state index contributed by atoms with van der Waals surface area (Å²) in [4.78, 5) is 32.3. The number of fused-ring (bicyclic) bond motifs is 1. The van der Waals surface area contributed by atoms with Crippen LogP contribution in [0.2, 0.25) is 10.0 Å². The van der Waals surface area contributed by atoms with E-state index in [0.717, 1.165) is 24.1 Å². The summed E-state index contributed by atoms with van der Waals surface area (Å²) in [5.74, 6) is -0.255. The maximum Gasteiger partial charge on any atom is 0.262 e. The van der Waals surface area contributed by atoms with Gasteiger partial charge in [-0.05, 0) is 55.3 Å². The topological polar surface area (TPSA) is 98.6 Å². The van der Waals surface area contributed by atoms with E-state index in [2.05, 4.69) is 15.4 Å². The number of amides is 2. The molecule has 5 rings (SSSR count). The number of nitrogens with zero attached hydrogens (tertiary/aromatic N) is 4. The number of carbonyl (C=O) groups is 2. The molecule has 0 aliphatic carbocycles. The summed E-state index contributed by atoms with van der Waals surface area (Å²) in [6.45, 7) is 1.49. The van der Waals surface area contributed by atoms with Crippen molar-refractivity contribution in [3.05, 3.63) is 100 Å². The minimum atomic E-state index is -0.361. The summed E-state index contributed by atoms with van der Waals surface area (Å²) >= 11 is 12.5. The predicted molar refractivity (Wildman–Crippen MR) is 153 cm³/mol. The fourth-order valence-corrected chi connectivity index (χ4v) is 5.10. The number of benzene rings is 3. The second-order valence-electron chi connectivity index (χ2n) is 9.17. The fraction of sp³-hybridized carbons (Fsp3) is 0.241. The molecule has 1 N–H and O–H groups in total. The molecule has 0 radical (unpaired) electrons. The van der Waals surface area contributed by atoms with Gasteiger partial charge in [0.15, 0.2) is 0 Å². The first-order valence-corrected chi connectivity index (χ1v) is 13.5. The summed E-state index contributed by atoms with van der Waals surface area (Å²) < 4.78 is 13.5. The van der Waals surface area contributed by atoms with Gasteiger partial charge in [-0.15, -0.1) is 0 Å². The lowest BCUT2D eigenvalue weighted by Gasteiger charge is -2.25. The lowest BCUT2D eigenvalue weighted by molar-refractivity contribution is 0.0406. The van der Waals surface area contributed by atoms with Crippen molar-refractivity contribution in [3.8, 4) is 5.75 Å². The van der Waals surface area contributed by atoms with Crippen LogP contribution in [0, 0.1) is 0 Å². The smallest absolute Gasteiger partial charge is 0.262 e. The van der Waals surface area contributed by atoms with E-state index in [1.54, 1.807) is 64.4 Å².